The maximum Gasteiger partial charge on any atom is 0.439 e. The molecule has 0 saturated heterocycles. The van der Waals surface area contributed by atoms with Crippen molar-refractivity contribution in [2.24, 2.45) is 5.41 Å². The zero-order valence-electron chi connectivity index (χ0n) is 46.2. The maximum atomic E-state index is 14.6. The van der Waals surface area contributed by atoms with Gasteiger partial charge in [0.05, 0.1) is 25.3 Å². The number of benzene rings is 4. The normalized spacial score (nSPS) is 11.4. The molecule has 6 amide bonds. The molecule has 4 aromatic carbocycles. The van der Waals surface area contributed by atoms with E-state index < -0.39 is 77.8 Å². The van der Waals surface area contributed by atoms with E-state index in [9.17, 15) is 38.4 Å². The zero-order chi connectivity index (χ0) is 56.3. The SMILES string of the molecule is CCCC(CCC)(C(=O)OCOC(=O)N(C(=O)c1cccc(OC)c1C)N(C(=O)c1cc(C)cc(C)c1)C(C)(C)C)C(=O)OCOC(=O)N(C(=O)c1cccc(OC)c1C)N(C(=O)c1cc(C)cc(C)c1)C(C)(C)C. The number of nitrogens with zero attached hydrogens (tertiary/aromatic N) is 4. The number of imide groups is 2. The lowest BCUT2D eigenvalue weighted by molar-refractivity contribution is -0.184. The van der Waals surface area contributed by atoms with Crippen LogP contribution in [0, 0.1) is 47.0 Å². The van der Waals surface area contributed by atoms with E-state index in [2.05, 4.69) is 0 Å². The molecule has 0 heterocycles. The minimum absolute atomic E-state index is 0.00101. The van der Waals surface area contributed by atoms with E-state index in [4.69, 9.17) is 28.4 Å². The van der Waals surface area contributed by atoms with Gasteiger partial charge in [-0.1, -0.05) is 73.2 Å². The molecule has 18 heteroatoms. The van der Waals surface area contributed by atoms with Gasteiger partial charge in [0.2, 0.25) is 13.6 Å². The van der Waals surface area contributed by atoms with E-state index in [1.165, 1.54) is 26.4 Å². The van der Waals surface area contributed by atoms with Crippen molar-refractivity contribution in [1.29, 1.82) is 0 Å². The lowest BCUT2D eigenvalue weighted by Crippen LogP contribution is -2.60. The Hall–Kier alpha value is -7.76. The van der Waals surface area contributed by atoms with Crippen LogP contribution in [-0.2, 0) is 28.5 Å². The third-order valence-corrected chi connectivity index (χ3v) is 12.1. The molecule has 4 aromatic rings. The van der Waals surface area contributed by atoms with Crippen LogP contribution in [0.5, 0.6) is 11.5 Å². The molecule has 0 unspecified atom stereocenters. The van der Waals surface area contributed by atoms with E-state index in [0.29, 0.717) is 32.6 Å². The van der Waals surface area contributed by atoms with Gasteiger partial charge in [0.25, 0.3) is 23.6 Å². The Labute approximate surface area is 440 Å². The lowest BCUT2D eigenvalue weighted by Gasteiger charge is -2.41. The standard InChI is InChI=1S/C57H72N4O14/c1-17-25-57(26-18-2,51(66)72-33-74-53(68)58(49(64)43-21-19-23-45(70-15)39(43)7)60(55(9,10)11)47(62)41-29-35(3)27-36(4)30-41)52(67)73-34-75-54(69)59(50(65)44-22-20-24-46(71-16)40(44)8)61(56(12,13)14)48(63)42-31-37(5)28-38(6)32-42/h19-24,27-32H,17-18,25-26,33-34H2,1-16H3. The lowest BCUT2D eigenvalue weighted by atomic mass is 9.79. The van der Waals surface area contributed by atoms with Gasteiger partial charge < -0.3 is 28.4 Å². The molecule has 0 saturated carbocycles. The van der Waals surface area contributed by atoms with Gasteiger partial charge in [-0.25, -0.2) is 19.6 Å². The molecule has 0 N–H and O–H groups in total. The number of methoxy groups -OCH3 is 2. The molecule has 0 aromatic heterocycles. The van der Waals surface area contributed by atoms with Crippen molar-refractivity contribution < 1.29 is 66.8 Å². The summed E-state index contributed by atoms with van der Waals surface area (Å²) >= 11 is 0. The number of ether oxygens (including phenoxy) is 6. The molecule has 0 atom stereocenters. The summed E-state index contributed by atoms with van der Waals surface area (Å²) in [6.07, 6.45) is -2.56. The van der Waals surface area contributed by atoms with Crippen molar-refractivity contribution >= 4 is 47.8 Å². The van der Waals surface area contributed by atoms with Crippen molar-refractivity contribution in [1.82, 2.24) is 20.0 Å². The van der Waals surface area contributed by atoms with E-state index in [0.717, 1.165) is 32.3 Å². The van der Waals surface area contributed by atoms with Gasteiger partial charge in [0.15, 0.2) is 5.41 Å². The van der Waals surface area contributed by atoms with Crippen molar-refractivity contribution in [2.75, 3.05) is 27.8 Å². The number of aryl methyl sites for hydroxylation is 4. The number of carbonyl (C=O) groups excluding carboxylic acids is 8. The average molecular weight is 1040 g/mol. The summed E-state index contributed by atoms with van der Waals surface area (Å²) in [5.41, 5.74) is -0.420. The maximum absolute atomic E-state index is 14.6. The summed E-state index contributed by atoms with van der Waals surface area (Å²) in [4.78, 5) is 116. The summed E-state index contributed by atoms with van der Waals surface area (Å²) in [7, 11) is 2.84. The van der Waals surface area contributed by atoms with Gasteiger partial charge >= 0.3 is 24.1 Å². The summed E-state index contributed by atoms with van der Waals surface area (Å²) in [5, 5.41) is 3.03. The summed E-state index contributed by atoms with van der Waals surface area (Å²) in [6, 6.07) is 19.5. The largest absolute Gasteiger partial charge is 0.496 e. The highest BCUT2D eigenvalue weighted by atomic mass is 16.7. The molecule has 0 aliphatic carbocycles. The fourth-order valence-electron chi connectivity index (χ4n) is 8.84. The van der Waals surface area contributed by atoms with Crippen LogP contribution in [0.15, 0.2) is 72.8 Å². The Bertz CT molecular complexity index is 2580. The fourth-order valence-corrected chi connectivity index (χ4v) is 8.84. The van der Waals surface area contributed by atoms with Crippen molar-refractivity contribution in [3.05, 3.63) is 128 Å². The van der Waals surface area contributed by atoms with Crippen LogP contribution < -0.4 is 9.47 Å². The predicted octanol–water partition coefficient (Wildman–Crippen LogP) is 10.7. The first-order chi connectivity index (χ1) is 35.1. The Morgan fingerprint density at radius 1 is 0.453 bits per heavy atom. The van der Waals surface area contributed by atoms with Gasteiger partial charge in [-0.2, -0.15) is 0 Å². The first-order valence-corrected chi connectivity index (χ1v) is 24.6. The molecule has 0 fully saturated rings. The summed E-state index contributed by atoms with van der Waals surface area (Å²) in [5.74, 6) is -5.02. The van der Waals surface area contributed by atoms with E-state index >= 15 is 0 Å². The fraction of sp³-hybridized carbons (Fsp3) is 0.439. The number of esters is 2. The van der Waals surface area contributed by atoms with Crippen LogP contribution in [0.4, 0.5) is 9.59 Å². The second-order valence-corrected chi connectivity index (χ2v) is 20.3. The quantitative estimate of drug-likeness (QED) is 0.0443. The monoisotopic (exact) mass is 1040 g/mol. The van der Waals surface area contributed by atoms with Gasteiger partial charge in [0, 0.05) is 33.4 Å². The molecule has 0 aliphatic rings. The molecule has 0 spiro atoms. The van der Waals surface area contributed by atoms with E-state index in [-0.39, 0.29) is 47.9 Å². The molecule has 4 rings (SSSR count). The molecule has 404 valence electrons. The molecular weight excluding hydrogens is 965 g/mol. The molecule has 0 bridgehead atoms. The average Bonchev–Trinajstić information content (AvgIpc) is 3.32. The highest BCUT2D eigenvalue weighted by Gasteiger charge is 2.49. The predicted molar refractivity (Wildman–Crippen MR) is 279 cm³/mol. The second-order valence-electron chi connectivity index (χ2n) is 20.3. The van der Waals surface area contributed by atoms with Crippen LogP contribution in [0.3, 0.4) is 0 Å². The Balaban J connectivity index is 1.67. The van der Waals surface area contributed by atoms with Gasteiger partial charge in [-0.15, -0.1) is 10.0 Å². The summed E-state index contributed by atoms with van der Waals surface area (Å²) in [6.45, 7) is 21.3. The van der Waals surface area contributed by atoms with Crippen molar-refractivity contribution in [3.63, 3.8) is 0 Å². The van der Waals surface area contributed by atoms with Gasteiger partial charge in [-0.05, 0) is 144 Å². The number of hydrogen-bond acceptors (Lipinski definition) is 14. The highest BCUT2D eigenvalue weighted by Crippen LogP contribution is 2.35. The molecule has 0 aliphatic heterocycles. The third kappa shape index (κ3) is 13.9. The first-order valence-electron chi connectivity index (χ1n) is 24.6. The molecule has 18 nitrogen and oxygen atoms in total. The third-order valence-electron chi connectivity index (χ3n) is 12.1. The molecular formula is C57H72N4O14. The Morgan fingerprint density at radius 2 is 0.773 bits per heavy atom. The van der Waals surface area contributed by atoms with Crippen LogP contribution in [-0.4, -0.2) is 107 Å². The topological polar surface area (TPSA) is 205 Å². The number of rotatable bonds is 16. The first kappa shape index (κ1) is 59.8. The Morgan fingerprint density at radius 3 is 1.05 bits per heavy atom. The van der Waals surface area contributed by atoms with E-state index in [1.54, 1.807) is 145 Å². The summed E-state index contributed by atoms with van der Waals surface area (Å²) < 4.78 is 32.9. The zero-order valence-corrected chi connectivity index (χ0v) is 46.2. The highest BCUT2D eigenvalue weighted by molar-refractivity contribution is 6.08. The minimum Gasteiger partial charge on any atom is -0.496 e. The van der Waals surface area contributed by atoms with Crippen LogP contribution in [0.1, 0.15) is 156 Å². The van der Waals surface area contributed by atoms with E-state index in [1.807, 2.05) is 12.1 Å². The van der Waals surface area contributed by atoms with Gasteiger partial charge in [-0.3, -0.25) is 28.8 Å². The van der Waals surface area contributed by atoms with Crippen LogP contribution >= 0.6 is 0 Å². The Kier molecular flexibility index (Phi) is 19.9. The number of carbonyl (C=O) groups is 8. The molecule has 75 heavy (non-hydrogen) atoms. The minimum atomic E-state index is -2.05. The smallest absolute Gasteiger partial charge is 0.439 e. The van der Waals surface area contributed by atoms with Crippen LogP contribution in [0.25, 0.3) is 0 Å². The van der Waals surface area contributed by atoms with Crippen molar-refractivity contribution in [2.45, 2.75) is 134 Å². The molecule has 0 radical (unpaired) electrons. The second kappa shape index (κ2) is 25.0. The number of hydrazine groups is 2. The van der Waals surface area contributed by atoms with Gasteiger partial charge in [0.1, 0.15) is 11.5 Å². The van der Waals surface area contributed by atoms with Crippen molar-refractivity contribution in [3.8, 4) is 11.5 Å². The number of hydrogen-bond donors (Lipinski definition) is 0. The van der Waals surface area contributed by atoms with Crippen LogP contribution in [0.2, 0.25) is 0 Å². The number of amides is 6.